The number of hydrogen-bond acceptors (Lipinski definition) is 5. The van der Waals surface area contributed by atoms with Crippen LogP contribution in [-0.4, -0.2) is 55.5 Å². The summed E-state index contributed by atoms with van der Waals surface area (Å²) in [5.74, 6) is 0.929. The molecular formula is C26H29N3O2S. The smallest absolute Gasteiger partial charge is 0.243 e. The van der Waals surface area contributed by atoms with E-state index in [4.69, 9.17) is 4.74 Å². The molecule has 0 N–H and O–H groups in total. The first-order chi connectivity index (χ1) is 15.7. The molecule has 1 aliphatic heterocycles. The van der Waals surface area contributed by atoms with Gasteiger partial charge in [0.15, 0.2) is 0 Å². The molecule has 1 aliphatic rings. The van der Waals surface area contributed by atoms with Crippen molar-refractivity contribution in [1.29, 1.82) is 0 Å². The van der Waals surface area contributed by atoms with Crippen LogP contribution in [0.25, 0.3) is 0 Å². The average Bonchev–Trinajstić information content (AvgIpc) is 2.85. The predicted molar refractivity (Wildman–Crippen MR) is 131 cm³/mol. The van der Waals surface area contributed by atoms with Crippen LogP contribution in [0.15, 0.2) is 89.8 Å². The standard InChI is InChI=1S/C26H29N3O2S/c1-31-24-12-8-11-23(19-24)29(32-25-13-6-3-7-14-25)21-26(30)28-17-15-27(16-18-28)20-22-9-4-2-5-10-22/h2-14,19H,15-18,20-21H2,1H3. The van der Waals surface area contributed by atoms with E-state index in [0.29, 0.717) is 6.54 Å². The van der Waals surface area contributed by atoms with Crippen molar-refractivity contribution in [3.63, 3.8) is 0 Å². The van der Waals surface area contributed by atoms with Gasteiger partial charge >= 0.3 is 0 Å². The zero-order valence-electron chi connectivity index (χ0n) is 18.4. The van der Waals surface area contributed by atoms with E-state index in [-0.39, 0.29) is 5.91 Å². The van der Waals surface area contributed by atoms with Gasteiger partial charge in [-0.3, -0.25) is 9.69 Å². The van der Waals surface area contributed by atoms with E-state index in [0.717, 1.165) is 49.1 Å². The van der Waals surface area contributed by atoms with Crippen molar-refractivity contribution in [2.24, 2.45) is 0 Å². The molecule has 3 aromatic rings. The summed E-state index contributed by atoms with van der Waals surface area (Å²) in [4.78, 5) is 18.7. The van der Waals surface area contributed by atoms with Crippen LogP contribution in [0.4, 0.5) is 5.69 Å². The molecular weight excluding hydrogens is 418 g/mol. The molecule has 3 aromatic carbocycles. The lowest BCUT2D eigenvalue weighted by Crippen LogP contribution is -2.50. The minimum Gasteiger partial charge on any atom is -0.497 e. The number of piperazine rings is 1. The van der Waals surface area contributed by atoms with Gasteiger partial charge in [-0.25, -0.2) is 0 Å². The molecule has 0 saturated carbocycles. The number of benzene rings is 3. The Morgan fingerprint density at radius 1 is 0.906 bits per heavy atom. The van der Waals surface area contributed by atoms with Gasteiger partial charge in [-0.15, -0.1) is 0 Å². The number of rotatable bonds is 8. The van der Waals surface area contributed by atoms with E-state index < -0.39 is 0 Å². The van der Waals surface area contributed by atoms with Crippen LogP contribution >= 0.6 is 11.9 Å². The zero-order chi connectivity index (χ0) is 22.2. The van der Waals surface area contributed by atoms with E-state index in [9.17, 15) is 4.79 Å². The van der Waals surface area contributed by atoms with Crippen LogP contribution in [0, 0.1) is 0 Å². The lowest BCUT2D eigenvalue weighted by molar-refractivity contribution is -0.131. The highest BCUT2D eigenvalue weighted by atomic mass is 32.2. The molecule has 0 radical (unpaired) electrons. The van der Waals surface area contributed by atoms with Gasteiger partial charge in [0.25, 0.3) is 0 Å². The van der Waals surface area contributed by atoms with Crippen LogP contribution in [0.5, 0.6) is 5.75 Å². The number of nitrogens with zero attached hydrogens (tertiary/aromatic N) is 3. The second kappa shape index (κ2) is 11.1. The van der Waals surface area contributed by atoms with Gasteiger partial charge in [0.05, 0.1) is 12.8 Å². The van der Waals surface area contributed by atoms with Crippen LogP contribution in [-0.2, 0) is 11.3 Å². The molecule has 0 aliphatic carbocycles. The Morgan fingerprint density at radius 2 is 1.59 bits per heavy atom. The second-order valence-corrected chi connectivity index (χ2v) is 8.88. The van der Waals surface area contributed by atoms with Crippen LogP contribution in [0.3, 0.4) is 0 Å². The predicted octanol–water partition coefficient (Wildman–Crippen LogP) is 4.55. The van der Waals surface area contributed by atoms with Crippen LogP contribution in [0.1, 0.15) is 5.56 Å². The van der Waals surface area contributed by atoms with Crippen molar-refractivity contribution in [3.05, 3.63) is 90.5 Å². The summed E-state index contributed by atoms with van der Waals surface area (Å²) >= 11 is 1.58. The summed E-state index contributed by atoms with van der Waals surface area (Å²) in [5, 5.41) is 0. The largest absolute Gasteiger partial charge is 0.497 e. The molecule has 6 heteroatoms. The highest BCUT2D eigenvalue weighted by molar-refractivity contribution is 8.00. The Morgan fingerprint density at radius 3 is 2.28 bits per heavy atom. The maximum atomic E-state index is 13.2. The van der Waals surface area contributed by atoms with E-state index in [1.807, 2.05) is 53.4 Å². The average molecular weight is 448 g/mol. The first-order valence-electron chi connectivity index (χ1n) is 10.9. The summed E-state index contributed by atoms with van der Waals surface area (Å²) < 4.78 is 7.45. The van der Waals surface area contributed by atoms with E-state index in [1.165, 1.54) is 5.56 Å². The fourth-order valence-corrected chi connectivity index (χ4v) is 4.70. The van der Waals surface area contributed by atoms with Crippen LogP contribution in [0.2, 0.25) is 0 Å². The fourth-order valence-electron chi connectivity index (χ4n) is 3.77. The van der Waals surface area contributed by atoms with Gasteiger partial charge in [-0.2, -0.15) is 0 Å². The molecule has 4 rings (SSSR count). The number of anilines is 1. The summed E-state index contributed by atoms with van der Waals surface area (Å²) in [5.41, 5.74) is 2.27. The van der Waals surface area contributed by atoms with Crippen LogP contribution < -0.4 is 9.04 Å². The molecule has 1 saturated heterocycles. The zero-order valence-corrected chi connectivity index (χ0v) is 19.2. The quantitative estimate of drug-likeness (QED) is 0.474. The Hall–Kier alpha value is -2.96. The van der Waals surface area contributed by atoms with Gasteiger partial charge in [0.1, 0.15) is 12.3 Å². The van der Waals surface area contributed by atoms with E-state index in [1.54, 1.807) is 19.1 Å². The van der Waals surface area contributed by atoms with Gasteiger partial charge < -0.3 is 13.9 Å². The minimum absolute atomic E-state index is 0.149. The summed E-state index contributed by atoms with van der Waals surface area (Å²) in [6, 6.07) is 28.5. The topological polar surface area (TPSA) is 36.0 Å². The third-order valence-electron chi connectivity index (χ3n) is 5.55. The molecule has 0 bridgehead atoms. The number of hydrogen-bond donors (Lipinski definition) is 0. The third kappa shape index (κ3) is 6.05. The first-order valence-corrected chi connectivity index (χ1v) is 11.7. The van der Waals surface area contributed by atoms with Crippen molar-refractivity contribution >= 4 is 23.5 Å². The SMILES string of the molecule is COc1cccc(N(CC(=O)N2CCN(Cc3ccccc3)CC2)Sc2ccccc2)c1. The normalized spacial score (nSPS) is 14.2. The monoisotopic (exact) mass is 447 g/mol. The molecule has 0 spiro atoms. The fraction of sp³-hybridized carbons (Fsp3) is 0.269. The number of amides is 1. The van der Waals surface area contributed by atoms with E-state index >= 15 is 0 Å². The third-order valence-corrected chi connectivity index (χ3v) is 6.60. The first kappa shape index (κ1) is 22.2. The second-order valence-electron chi connectivity index (χ2n) is 7.78. The number of ether oxygens (including phenoxy) is 1. The Kier molecular flexibility index (Phi) is 7.69. The molecule has 1 amide bonds. The lowest BCUT2D eigenvalue weighted by atomic mass is 10.2. The van der Waals surface area contributed by atoms with Gasteiger partial charge in [0.2, 0.25) is 5.91 Å². The van der Waals surface area contributed by atoms with Crippen molar-refractivity contribution in [3.8, 4) is 5.75 Å². The number of methoxy groups -OCH3 is 1. The number of carbonyl (C=O) groups is 1. The highest BCUT2D eigenvalue weighted by Crippen LogP contribution is 2.31. The van der Waals surface area contributed by atoms with Crippen molar-refractivity contribution in [2.45, 2.75) is 11.4 Å². The summed E-state index contributed by atoms with van der Waals surface area (Å²) in [6.45, 7) is 4.55. The van der Waals surface area contributed by atoms with Gasteiger partial charge in [-0.1, -0.05) is 54.6 Å². The summed E-state index contributed by atoms with van der Waals surface area (Å²) in [6.07, 6.45) is 0. The van der Waals surface area contributed by atoms with Crippen molar-refractivity contribution in [2.75, 3.05) is 44.1 Å². The Labute approximate surface area is 194 Å². The van der Waals surface area contributed by atoms with Gasteiger partial charge in [0, 0.05) is 43.7 Å². The Balaban J connectivity index is 1.39. The molecule has 0 unspecified atom stereocenters. The lowest BCUT2D eigenvalue weighted by Gasteiger charge is -2.36. The Bertz CT molecular complexity index is 992. The molecule has 1 fully saturated rings. The highest BCUT2D eigenvalue weighted by Gasteiger charge is 2.24. The molecule has 166 valence electrons. The molecule has 1 heterocycles. The molecule has 0 aromatic heterocycles. The van der Waals surface area contributed by atoms with Crippen molar-refractivity contribution < 1.29 is 9.53 Å². The minimum atomic E-state index is 0.149. The van der Waals surface area contributed by atoms with Crippen molar-refractivity contribution in [1.82, 2.24) is 9.80 Å². The summed E-state index contributed by atoms with van der Waals surface area (Å²) in [7, 11) is 1.66. The van der Waals surface area contributed by atoms with E-state index in [2.05, 4.69) is 45.6 Å². The molecule has 32 heavy (non-hydrogen) atoms. The number of carbonyl (C=O) groups excluding carboxylic acids is 1. The molecule has 5 nitrogen and oxygen atoms in total. The molecule has 0 atom stereocenters. The van der Waals surface area contributed by atoms with Gasteiger partial charge in [-0.05, 0) is 41.8 Å². The maximum absolute atomic E-state index is 13.2. The maximum Gasteiger partial charge on any atom is 0.243 e.